The zero-order valence-electron chi connectivity index (χ0n) is 10.3. The summed E-state index contributed by atoms with van der Waals surface area (Å²) in [5, 5.41) is 13.6. The molecule has 0 spiro atoms. The van der Waals surface area contributed by atoms with Crippen LogP contribution in [0.2, 0.25) is 5.02 Å². The Kier molecular flexibility index (Phi) is 3.61. The second-order valence-corrected chi connectivity index (χ2v) is 5.64. The molecule has 1 fully saturated rings. The van der Waals surface area contributed by atoms with Gasteiger partial charge in [-0.1, -0.05) is 11.6 Å². The second-order valence-electron chi connectivity index (χ2n) is 5.21. The molecule has 0 aliphatic carbocycles. The Hall–Kier alpha value is -0.770. The molecule has 1 heterocycles. The van der Waals surface area contributed by atoms with E-state index in [2.05, 4.69) is 24.1 Å². The predicted octanol–water partition coefficient (Wildman–Crippen LogP) is 1.89. The first kappa shape index (κ1) is 12.7. The van der Waals surface area contributed by atoms with Crippen LogP contribution in [-0.4, -0.2) is 36.4 Å². The molecule has 0 radical (unpaired) electrons. The van der Waals surface area contributed by atoms with E-state index < -0.39 is 0 Å². The Bertz CT molecular complexity index is 378. The van der Waals surface area contributed by atoms with Gasteiger partial charge in [-0.25, -0.2) is 0 Å². The molecule has 1 aromatic rings. The van der Waals surface area contributed by atoms with Crippen LogP contribution >= 0.6 is 11.6 Å². The summed E-state index contributed by atoms with van der Waals surface area (Å²) in [6, 6.07) is 7.92. The molecule has 1 unspecified atom stereocenters. The number of nitrogens with zero attached hydrogens (tertiary/aromatic N) is 1. The normalized spacial score (nSPS) is 23.8. The van der Waals surface area contributed by atoms with E-state index in [-0.39, 0.29) is 18.2 Å². The summed E-state index contributed by atoms with van der Waals surface area (Å²) in [6.07, 6.45) is 0. The molecule has 0 amide bonds. The quantitative estimate of drug-likeness (QED) is 0.846. The maximum Gasteiger partial charge on any atom is 0.0647 e. The van der Waals surface area contributed by atoms with Crippen LogP contribution in [0.25, 0.3) is 0 Å². The summed E-state index contributed by atoms with van der Waals surface area (Å²) >= 11 is 5.90. The maximum atomic E-state index is 9.44. The lowest BCUT2D eigenvalue weighted by Crippen LogP contribution is -2.62. The fourth-order valence-corrected chi connectivity index (χ4v) is 2.34. The van der Waals surface area contributed by atoms with Gasteiger partial charge in [0.15, 0.2) is 0 Å². The van der Waals surface area contributed by atoms with E-state index in [9.17, 15) is 5.11 Å². The number of rotatable bonds is 2. The number of aliphatic hydroxyl groups excluding tert-OH is 1. The average molecular weight is 255 g/mol. The monoisotopic (exact) mass is 254 g/mol. The van der Waals surface area contributed by atoms with Crippen molar-refractivity contribution in [3.05, 3.63) is 29.3 Å². The summed E-state index contributed by atoms with van der Waals surface area (Å²) in [6.45, 7) is 6.17. The summed E-state index contributed by atoms with van der Waals surface area (Å²) in [7, 11) is 0. The average Bonchev–Trinajstić information content (AvgIpc) is 2.29. The largest absolute Gasteiger partial charge is 0.394 e. The standard InChI is InChI=1S/C13H19ClN2O/c1-13(2)9-16(12(8-17)7-15-13)11-5-3-10(14)4-6-11/h3-6,12,15,17H,7-9H2,1-2H3. The van der Waals surface area contributed by atoms with Gasteiger partial charge in [-0.15, -0.1) is 0 Å². The highest BCUT2D eigenvalue weighted by Gasteiger charge is 2.32. The Morgan fingerprint density at radius 3 is 2.65 bits per heavy atom. The minimum Gasteiger partial charge on any atom is -0.394 e. The van der Waals surface area contributed by atoms with Crippen molar-refractivity contribution < 1.29 is 5.11 Å². The first-order chi connectivity index (χ1) is 8.02. The van der Waals surface area contributed by atoms with Gasteiger partial charge >= 0.3 is 0 Å². The van der Waals surface area contributed by atoms with Crippen molar-refractivity contribution in [2.24, 2.45) is 0 Å². The molecule has 0 saturated carbocycles. The van der Waals surface area contributed by atoms with E-state index in [1.54, 1.807) is 0 Å². The van der Waals surface area contributed by atoms with Crippen molar-refractivity contribution in [1.82, 2.24) is 5.32 Å². The molecule has 4 heteroatoms. The van der Waals surface area contributed by atoms with Crippen molar-refractivity contribution in [2.75, 3.05) is 24.6 Å². The number of aliphatic hydroxyl groups is 1. The Morgan fingerprint density at radius 1 is 1.41 bits per heavy atom. The van der Waals surface area contributed by atoms with E-state index in [1.165, 1.54) is 0 Å². The Labute approximate surface area is 107 Å². The van der Waals surface area contributed by atoms with Gasteiger partial charge < -0.3 is 15.3 Å². The molecule has 2 N–H and O–H groups in total. The molecule has 0 bridgehead atoms. The third-order valence-corrected chi connectivity index (χ3v) is 3.44. The van der Waals surface area contributed by atoms with Gasteiger partial charge in [0.05, 0.1) is 12.6 Å². The fraction of sp³-hybridized carbons (Fsp3) is 0.538. The third kappa shape index (κ3) is 2.92. The Morgan fingerprint density at radius 2 is 2.06 bits per heavy atom. The van der Waals surface area contributed by atoms with Crippen LogP contribution in [0.4, 0.5) is 5.69 Å². The van der Waals surface area contributed by atoms with Crippen LogP contribution < -0.4 is 10.2 Å². The topological polar surface area (TPSA) is 35.5 Å². The molecular weight excluding hydrogens is 236 g/mol. The van der Waals surface area contributed by atoms with E-state index in [0.29, 0.717) is 0 Å². The lowest BCUT2D eigenvalue weighted by atomic mass is 9.98. The van der Waals surface area contributed by atoms with Crippen LogP contribution in [0.5, 0.6) is 0 Å². The molecule has 94 valence electrons. The Balaban J connectivity index is 2.23. The number of nitrogens with one attached hydrogen (secondary N) is 1. The first-order valence-corrected chi connectivity index (χ1v) is 6.28. The van der Waals surface area contributed by atoms with Crippen LogP contribution in [0.1, 0.15) is 13.8 Å². The van der Waals surface area contributed by atoms with Gasteiger partial charge in [0, 0.05) is 29.3 Å². The lowest BCUT2D eigenvalue weighted by Gasteiger charge is -2.45. The van der Waals surface area contributed by atoms with Gasteiger partial charge in [-0.2, -0.15) is 0 Å². The molecule has 1 aliphatic heterocycles. The number of anilines is 1. The number of benzene rings is 1. The fourth-order valence-electron chi connectivity index (χ4n) is 2.21. The molecule has 3 nitrogen and oxygen atoms in total. The van der Waals surface area contributed by atoms with Crippen molar-refractivity contribution in [2.45, 2.75) is 25.4 Å². The molecule has 1 saturated heterocycles. The predicted molar refractivity (Wildman–Crippen MR) is 71.8 cm³/mol. The SMILES string of the molecule is CC1(C)CN(c2ccc(Cl)cc2)C(CO)CN1. The number of halogens is 1. The molecule has 1 atom stereocenters. The zero-order chi connectivity index (χ0) is 12.5. The number of piperazine rings is 1. The highest BCUT2D eigenvalue weighted by Crippen LogP contribution is 2.24. The van der Waals surface area contributed by atoms with Gasteiger partial charge in [-0.3, -0.25) is 0 Å². The molecule has 2 rings (SSSR count). The highest BCUT2D eigenvalue weighted by atomic mass is 35.5. The van der Waals surface area contributed by atoms with E-state index in [4.69, 9.17) is 11.6 Å². The second kappa shape index (κ2) is 4.84. The van der Waals surface area contributed by atoms with Crippen LogP contribution in [0, 0.1) is 0 Å². The smallest absolute Gasteiger partial charge is 0.0647 e. The van der Waals surface area contributed by atoms with Crippen LogP contribution in [-0.2, 0) is 0 Å². The van der Waals surface area contributed by atoms with Gasteiger partial charge in [0.2, 0.25) is 0 Å². The summed E-state index contributed by atoms with van der Waals surface area (Å²) in [4.78, 5) is 2.24. The molecular formula is C13H19ClN2O. The summed E-state index contributed by atoms with van der Waals surface area (Å²) < 4.78 is 0. The van der Waals surface area contributed by atoms with Gasteiger partial charge in [-0.05, 0) is 38.1 Å². The molecule has 1 aliphatic rings. The van der Waals surface area contributed by atoms with Crippen molar-refractivity contribution in [1.29, 1.82) is 0 Å². The summed E-state index contributed by atoms with van der Waals surface area (Å²) in [5.74, 6) is 0. The third-order valence-electron chi connectivity index (χ3n) is 3.19. The highest BCUT2D eigenvalue weighted by molar-refractivity contribution is 6.30. The zero-order valence-corrected chi connectivity index (χ0v) is 11.0. The van der Waals surface area contributed by atoms with E-state index >= 15 is 0 Å². The first-order valence-electron chi connectivity index (χ1n) is 5.90. The minimum absolute atomic E-state index is 0.0608. The molecule has 17 heavy (non-hydrogen) atoms. The van der Waals surface area contributed by atoms with Crippen molar-refractivity contribution >= 4 is 17.3 Å². The number of hydrogen-bond acceptors (Lipinski definition) is 3. The van der Waals surface area contributed by atoms with E-state index in [1.807, 2.05) is 24.3 Å². The van der Waals surface area contributed by atoms with Crippen molar-refractivity contribution in [3.8, 4) is 0 Å². The molecule has 1 aromatic carbocycles. The lowest BCUT2D eigenvalue weighted by molar-refractivity contribution is 0.215. The van der Waals surface area contributed by atoms with Gasteiger partial charge in [0.25, 0.3) is 0 Å². The van der Waals surface area contributed by atoms with Crippen molar-refractivity contribution in [3.63, 3.8) is 0 Å². The van der Waals surface area contributed by atoms with E-state index in [0.717, 1.165) is 23.8 Å². The number of hydrogen-bond donors (Lipinski definition) is 2. The van der Waals surface area contributed by atoms with Crippen LogP contribution in [0.15, 0.2) is 24.3 Å². The molecule has 0 aromatic heterocycles. The van der Waals surface area contributed by atoms with Crippen LogP contribution in [0.3, 0.4) is 0 Å². The maximum absolute atomic E-state index is 9.44. The summed E-state index contributed by atoms with van der Waals surface area (Å²) in [5.41, 5.74) is 1.17. The van der Waals surface area contributed by atoms with Gasteiger partial charge in [0.1, 0.15) is 0 Å². The minimum atomic E-state index is 0.0608.